The van der Waals surface area contributed by atoms with Crippen LogP contribution in [0.5, 0.6) is 0 Å². The Kier molecular flexibility index (Phi) is 5.99. The molecule has 1 heterocycles. The highest BCUT2D eigenvalue weighted by Crippen LogP contribution is 2.31. The van der Waals surface area contributed by atoms with Gasteiger partial charge in [0.1, 0.15) is 0 Å². The van der Waals surface area contributed by atoms with E-state index in [1.54, 1.807) is 12.1 Å². The van der Waals surface area contributed by atoms with E-state index >= 15 is 0 Å². The number of fused-ring (bicyclic) bond motifs is 1. The first-order chi connectivity index (χ1) is 15.1. The average molecular weight is 412 g/mol. The molecular formula is C27H25NO3. The number of hydrogen-bond acceptors (Lipinski definition) is 3. The van der Waals surface area contributed by atoms with Gasteiger partial charge in [0.15, 0.2) is 0 Å². The van der Waals surface area contributed by atoms with Crippen LogP contribution in [-0.2, 0) is 6.42 Å². The Morgan fingerprint density at radius 2 is 1.55 bits per heavy atom. The van der Waals surface area contributed by atoms with Crippen molar-refractivity contribution in [1.82, 2.24) is 5.32 Å². The summed E-state index contributed by atoms with van der Waals surface area (Å²) in [4.78, 5) is 26.0. The maximum Gasteiger partial charge on any atom is 0.344 e. The van der Waals surface area contributed by atoms with Gasteiger partial charge >= 0.3 is 5.63 Å². The normalized spacial score (nSPS) is 11.9. The Morgan fingerprint density at radius 1 is 0.903 bits per heavy atom. The monoisotopic (exact) mass is 411 g/mol. The fourth-order valence-corrected chi connectivity index (χ4v) is 3.81. The van der Waals surface area contributed by atoms with Crippen LogP contribution in [0.3, 0.4) is 0 Å². The molecule has 1 amide bonds. The number of benzene rings is 3. The number of carbonyl (C=O) groups is 1. The van der Waals surface area contributed by atoms with Gasteiger partial charge in [-0.15, -0.1) is 0 Å². The molecule has 0 unspecified atom stereocenters. The van der Waals surface area contributed by atoms with Gasteiger partial charge in [0.05, 0.1) is 5.39 Å². The van der Waals surface area contributed by atoms with E-state index in [0.29, 0.717) is 22.8 Å². The third-order valence-corrected chi connectivity index (χ3v) is 5.54. The molecule has 156 valence electrons. The lowest BCUT2D eigenvalue weighted by atomic mass is 9.97. The molecule has 4 aromatic rings. The van der Waals surface area contributed by atoms with Gasteiger partial charge in [-0.3, -0.25) is 4.79 Å². The van der Waals surface area contributed by atoms with Crippen LogP contribution in [0.15, 0.2) is 88.1 Å². The standard InChI is InChI=1S/C27H25NO3/c1-3-21(17-19-9-5-4-6-10-19)28-26(29)25-24(20-15-13-18(2)14-16-20)22-11-7-8-12-23(22)27(30)31-25/h4-16,21H,3,17H2,1-2H3,(H,28,29)/t21-/m1/s1. The lowest BCUT2D eigenvalue weighted by Crippen LogP contribution is -2.36. The lowest BCUT2D eigenvalue weighted by molar-refractivity contribution is 0.0905. The Morgan fingerprint density at radius 3 is 2.23 bits per heavy atom. The molecule has 0 aliphatic heterocycles. The summed E-state index contributed by atoms with van der Waals surface area (Å²) in [7, 11) is 0. The second-order valence-corrected chi connectivity index (χ2v) is 7.77. The molecule has 4 nitrogen and oxygen atoms in total. The zero-order valence-electron chi connectivity index (χ0n) is 17.7. The molecule has 0 spiro atoms. The van der Waals surface area contributed by atoms with Gasteiger partial charge in [-0.25, -0.2) is 4.79 Å². The molecule has 0 aliphatic carbocycles. The lowest BCUT2D eigenvalue weighted by Gasteiger charge is -2.18. The van der Waals surface area contributed by atoms with Crippen molar-refractivity contribution in [2.45, 2.75) is 32.7 Å². The van der Waals surface area contributed by atoms with Gasteiger partial charge < -0.3 is 9.73 Å². The van der Waals surface area contributed by atoms with E-state index in [-0.39, 0.29) is 17.7 Å². The molecule has 0 aliphatic rings. The van der Waals surface area contributed by atoms with E-state index in [1.807, 2.05) is 80.6 Å². The van der Waals surface area contributed by atoms with Crippen LogP contribution in [0.2, 0.25) is 0 Å². The maximum absolute atomic E-state index is 13.3. The average Bonchev–Trinajstić information content (AvgIpc) is 2.80. The van der Waals surface area contributed by atoms with E-state index in [2.05, 4.69) is 5.32 Å². The number of carbonyl (C=O) groups excluding carboxylic acids is 1. The number of rotatable bonds is 6. The van der Waals surface area contributed by atoms with Crippen molar-refractivity contribution in [1.29, 1.82) is 0 Å². The van der Waals surface area contributed by atoms with E-state index in [9.17, 15) is 9.59 Å². The van der Waals surface area contributed by atoms with Gasteiger partial charge in [-0.1, -0.05) is 85.3 Å². The second-order valence-electron chi connectivity index (χ2n) is 7.77. The summed E-state index contributed by atoms with van der Waals surface area (Å²) in [5, 5.41) is 4.25. The van der Waals surface area contributed by atoms with Crippen molar-refractivity contribution in [3.05, 3.63) is 106 Å². The van der Waals surface area contributed by atoms with Crippen LogP contribution in [0.25, 0.3) is 21.9 Å². The van der Waals surface area contributed by atoms with Crippen LogP contribution in [-0.4, -0.2) is 11.9 Å². The predicted molar refractivity (Wildman–Crippen MR) is 124 cm³/mol. The maximum atomic E-state index is 13.3. The molecule has 0 radical (unpaired) electrons. The van der Waals surface area contributed by atoms with Crippen molar-refractivity contribution < 1.29 is 9.21 Å². The minimum Gasteiger partial charge on any atom is -0.416 e. The van der Waals surface area contributed by atoms with Gasteiger partial charge in [0.2, 0.25) is 5.76 Å². The number of nitrogens with one attached hydrogen (secondary N) is 1. The molecule has 3 aromatic carbocycles. The highest BCUT2D eigenvalue weighted by molar-refractivity contribution is 6.07. The Bertz CT molecular complexity index is 1260. The van der Waals surface area contributed by atoms with Crippen LogP contribution >= 0.6 is 0 Å². The summed E-state index contributed by atoms with van der Waals surface area (Å²) >= 11 is 0. The fourth-order valence-electron chi connectivity index (χ4n) is 3.81. The molecule has 4 rings (SSSR count). The summed E-state index contributed by atoms with van der Waals surface area (Å²) in [5.74, 6) is -0.319. The molecule has 0 saturated carbocycles. The Hall–Kier alpha value is -3.66. The molecule has 1 atom stereocenters. The van der Waals surface area contributed by atoms with Gasteiger partial charge in [-0.2, -0.15) is 0 Å². The molecule has 1 N–H and O–H groups in total. The van der Waals surface area contributed by atoms with E-state index in [1.165, 1.54) is 0 Å². The second kappa shape index (κ2) is 9.00. The third kappa shape index (κ3) is 4.43. The summed E-state index contributed by atoms with van der Waals surface area (Å²) in [6, 6.07) is 25.1. The van der Waals surface area contributed by atoms with Crippen LogP contribution in [0, 0.1) is 6.92 Å². The molecule has 4 heteroatoms. The quantitative estimate of drug-likeness (QED) is 0.454. The van der Waals surface area contributed by atoms with Crippen LogP contribution in [0.4, 0.5) is 0 Å². The van der Waals surface area contributed by atoms with Gasteiger partial charge in [-0.05, 0) is 37.0 Å². The van der Waals surface area contributed by atoms with Crippen molar-refractivity contribution in [3.8, 4) is 11.1 Å². The number of hydrogen-bond donors (Lipinski definition) is 1. The number of aryl methyl sites for hydroxylation is 1. The topological polar surface area (TPSA) is 59.3 Å². The fraction of sp³-hybridized carbons (Fsp3) is 0.185. The molecule has 0 saturated heterocycles. The van der Waals surface area contributed by atoms with Crippen molar-refractivity contribution >= 4 is 16.7 Å². The van der Waals surface area contributed by atoms with E-state index < -0.39 is 5.63 Å². The zero-order chi connectivity index (χ0) is 21.8. The summed E-state index contributed by atoms with van der Waals surface area (Å²) in [5.41, 5.74) is 3.24. The molecule has 31 heavy (non-hydrogen) atoms. The van der Waals surface area contributed by atoms with E-state index in [4.69, 9.17) is 4.42 Å². The number of amides is 1. The SMILES string of the molecule is CC[C@H](Cc1ccccc1)NC(=O)c1oc(=O)c2ccccc2c1-c1ccc(C)cc1. The third-order valence-electron chi connectivity index (χ3n) is 5.54. The van der Waals surface area contributed by atoms with Crippen molar-refractivity contribution in [2.75, 3.05) is 0 Å². The molecule has 0 bridgehead atoms. The summed E-state index contributed by atoms with van der Waals surface area (Å²) < 4.78 is 5.60. The van der Waals surface area contributed by atoms with Crippen molar-refractivity contribution in [3.63, 3.8) is 0 Å². The highest BCUT2D eigenvalue weighted by Gasteiger charge is 2.23. The van der Waals surface area contributed by atoms with Crippen LogP contribution in [0.1, 0.15) is 35.0 Å². The minimum absolute atomic E-state index is 0.0547. The smallest absolute Gasteiger partial charge is 0.344 e. The summed E-state index contributed by atoms with van der Waals surface area (Å²) in [6.07, 6.45) is 1.47. The molecular weight excluding hydrogens is 386 g/mol. The Balaban J connectivity index is 1.77. The molecule has 0 fully saturated rings. The first-order valence-electron chi connectivity index (χ1n) is 10.5. The highest BCUT2D eigenvalue weighted by atomic mass is 16.4. The predicted octanol–water partition coefficient (Wildman–Crippen LogP) is 5.52. The summed E-state index contributed by atoms with van der Waals surface area (Å²) in [6.45, 7) is 4.04. The van der Waals surface area contributed by atoms with Crippen LogP contribution < -0.4 is 10.9 Å². The zero-order valence-corrected chi connectivity index (χ0v) is 17.7. The first kappa shape index (κ1) is 20.6. The largest absolute Gasteiger partial charge is 0.416 e. The molecule has 1 aromatic heterocycles. The minimum atomic E-state index is -0.507. The van der Waals surface area contributed by atoms with Crippen molar-refractivity contribution in [2.24, 2.45) is 0 Å². The van der Waals surface area contributed by atoms with E-state index in [0.717, 1.165) is 23.1 Å². The van der Waals surface area contributed by atoms with Gasteiger partial charge in [0, 0.05) is 17.0 Å². The van der Waals surface area contributed by atoms with Gasteiger partial charge in [0.25, 0.3) is 5.91 Å². The first-order valence-corrected chi connectivity index (χ1v) is 10.5. The Labute approximate surface area is 181 Å².